The van der Waals surface area contributed by atoms with Crippen LogP contribution in [0.25, 0.3) is 11.1 Å². The molecular formula is C37H45N3O5. The molecule has 2 aliphatic rings. The molecule has 3 amide bonds. The van der Waals surface area contributed by atoms with Gasteiger partial charge >= 0.3 is 12.0 Å². The first-order chi connectivity index (χ1) is 21.9. The third kappa shape index (κ3) is 8.72. The minimum Gasteiger partial charge on any atom is -0.479 e. The number of rotatable bonds is 11. The van der Waals surface area contributed by atoms with E-state index >= 15 is 0 Å². The maximum Gasteiger partial charge on any atom is 0.334 e. The smallest absolute Gasteiger partial charge is 0.334 e. The number of hydrogen-bond donors (Lipinski definition) is 4. The molecule has 0 aromatic heterocycles. The molecule has 0 bridgehead atoms. The van der Waals surface area contributed by atoms with Crippen molar-refractivity contribution in [1.29, 1.82) is 0 Å². The van der Waals surface area contributed by atoms with E-state index in [2.05, 4.69) is 34.9 Å². The van der Waals surface area contributed by atoms with Gasteiger partial charge in [-0.1, -0.05) is 98.8 Å². The van der Waals surface area contributed by atoms with Gasteiger partial charge in [-0.05, 0) is 71.9 Å². The Morgan fingerprint density at radius 2 is 1.40 bits per heavy atom. The van der Waals surface area contributed by atoms with E-state index in [1.165, 1.54) is 32.1 Å². The first kappa shape index (κ1) is 32.2. The predicted octanol–water partition coefficient (Wildman–Crippen LogP) is 6.38. The second-order valence-corrected chi connectivity index (χ2v) is 12.5. The van der Waals surface area contributed by atoms with Crippen LogP contribution in [0.15, 0.2) is 78.9 Å². The Morgan fingerprint density at radius 3 is 2.09 bits per heavy atom. The Hall–Kier alpha value is -4.17. The normalized spacial score (nSPS) is 19.3. The standard InChI is InChI=1S/C37H45N3O5/c41-34(36(43)44)24-38-35(42)30-17-15-26(16-18-30)25-40(32-21-19-28(20-22-32)27-9-3-1-4-10-27)37(45)39-23-31-13-7-8-14-33(31)29-11-5-2-6-12-29/h2,5-8,11-18,27-28,32,34,41H,1,3-4,9-10,19-25H2,(H,38,42)(H,39,45)(H,43,44). The van der Waals surface area contributed by atoms with Gasteiger partial charge in [-0.3, -0.25) is 4.79 Å². The fourth-order valence-corrected chi connectivity index (χ4v) is 7.04. The van der Waals surface area contributed by atoms with E-state index in [9.17, 15) is 19.5 Å². The van der Waals surface area contributed by atoms with Crippen molar-refractivity contribution in [2.75, 3.05) is 6.54 Å². The predicted molar refractivity (Wildman–Crippen MR) is 174 cm³/mol. The SMILES string of the molecule is O=C(NCC(O)C(=O)O)c1ccc(CN(C(=O)NCc2ccccc2-c2ccccc2)C2CCC(C3CCCCC3)CC2)cc1. The van der Waals surface area contributed by atoms with E-state index in [0.29, 0.717) is 18.7 Å². The molecule has 1 atom stereocenters. The molecule has 5 rings (SSSR count). The van der Waals surface area contributed by atoms with Crippen molar-refractivity contribution < 1.29 is 24.6 Å². The zero-order chi connectivity index (χ0) is 31.6. The van der Waals surface area contributed by atoms with Crippen LogP contribution < -0.4 is 10.6 Å². The number of amides is 3. The first-order valence-corrected chi connectivity index (χ1v) is 16.3. The number of carboxylic acids is 1. The van der Waals surface area contributed by atoms with Gasteiger partial charge in [0, 0.05) is 24.7 Å². The molecule has 45 heavy (non-hydrogen) atoms. The summed E-state index contributed by atoms with van der Waals surface area (Å²) in [6, 6.07) is 25.4. The van der Waals surface area contributed by atoms with Gasteiger partial charge in [-0.15, -0.1) is 0 Å². The van der Waals surface area contributed by atoms with Crippen molar-refractivity contribution in [3.63, 3.8) is 0 Å². The van der Waals surface area contributed by atoms with Crippen molar-refractivity contribution in [3.8, 4) is 11.1 Å². The molecule has 3 aromatic rings. The lowest BCUT2D eigenvalue weighted by molar-refractivity contribution is -0.146. The molecule has 4 N–H and O–H groups in total. The third-order valence-corrected chi connectivity index (χ3v) is 9.60. The van der Waals surface area contributed by atoms with Gasteiger partial charge in [0.05, 0.1) is 6.54 Å². The Kier molecular flexibility index (Phi) is 11.3. The number of carbonyl (C=O) groups is 3. The maximum atomic E-state index is 13.9. The average molecular weight is 612 g/mol. The van der Waals surface area contributed by atoms with Gasteiger partial charge in [0.2, 0.25) is 0 Å². The van der Waals surface area contributed by atoms with Crippen LogP contribution in [0.1, 0.15) is 79.3 Å². The summed E-state index contributed by atoms with van der Waals surface area (Å²) in [5.41, 5.74) is 4.54. The molecule has 8 heteroatoms. The topological polar surface area (TPSA) is 119 Å². The molecule has 0 saturated heterocycles. The summed E-state index contributed by atoms with van der Waals surface area (Å²) in [6.07, 6.45) is 9.35. The Labute approximate surface area is 265 Å². The van der Waals surface area contributed by atoms with Crippen LogP contribution in [-0.2, 0) is 17.9 Å². The van der Waals surface area contributed by atoms with Crippen molar-refractivity contribution in [3.05, 3.63) is 95.6 Å². The van der Waals surface area contributed by atoms with Gasteiger partial charge in [-0.2, -0.15) is 0 Å². The van der Waals surface area contributed by atoms with Crippen LogP contribution in [0, 0.1) is 11.8 Å². The quantitative estimate of drug-likeness (QED) is 0.201. The summed E-state index contributed by atoms with van der Waals surface area (Å²) in [5, 5.41) is 24.0. The van der Waals surface area contributed by atoms with Crippen LogP contribution in [-0.4, -0.2) is 51.7 Å². The van der Waals surface area contributed by atoms with Gasteiger partial charge in [-0.25, -0.2) is 9.59 Å². The molecule has 2 aliphatic carbocycles. The fourth-order valence-electron chi connectivity index (χ4n) is 7.04. The highest BCUT2D eigenvalue weighted by atomic mass is 16.4. The van der Waals surface area contributed by atoms with Gasteiger partial charge in [0.25, 0.3) is 5.91 Å². The number of hydrogen-bond acceptors (Lipinski definition) is 4. The van der Waals surface area contributed by atoms with E-state index in [1.54, 1.807) is 12.1 Å². The number of aliphatic hydroxyl groups excluding tert-OH is 1. The highest BCUT2D eigenvalue weighted by Crippen LogP contribution is 2.39. The van der Waals surface area contributed by atoms with Crippen LogP contribution in [0.4, 0.5) is 4.79 Å². The van der Waals surface area contributed by atoms with Crippen LogP contribution in [0.3, 0.4) is 0 Å². The van der Waals surface area contributed by atoms with Gasteiger partial charge in [0.15, 0.2) is 6.10 Å². The monoisotopic (exact) mass is 611 g/mol. The molecule has 0 radical (unpaired) electrons. The van der Waals surface area contributed by atoms with Gasteiger partial charge < -0.3 is 25.7 Å². The molecule has 0 aliphatic heterocycles. The second-order valence-electron chi connectivity index (χ2n) is 12.5. The zero-order valence-electron chi connectivity index (χ0n) is 25.9. The largest absolute Gasteiger partial charge is 0.479 e. The molecule has 1 unspecified atom stereocenters. The minimum atomic E-state index is -1.66. The number of carboxylic acid groups (broad SMARTS) is 1. The van der Waals surface area contributed by atoms with Crippen molar-refractivity contribution >= 4 is 17.9 Å². The van der Waals surface area contributed by atoms with Crippen LogP contribution in [0.2, 0.25) is 0 Å². The van der Waals surface area contributed by atoms with E-state index < -0.39 is 18.0 Å². The van der Waals surface area contributed by atoms with Crippen LogP contribution in [0.5, 0.6) is 0 Å². The summed E-state index contributed by atoms with van der Waals surface area (Å²) in [6.45, 7) is 0.463. The lowest BCUT2D eigenvalue weighted by atomic mass is 9.72. The molecule has 2 saturated carbocycles. The van der Waals surface area contributed by atoms with E-state index in [1.807, 2.05) is 47.4 Å². The lowest BCUT2D eigenvalue weighted by Gasteiger charge is -2.40. The molecule has 8 nitrogen and oxygen atoms in total. The average Bonchev–Trinajstić information content (AvgIpc) is 3.09. The lowest BCUT2D eigenvalue weighted by Crippen LogP contribution is -2.47. The molecular weight excluding hydrogens is 566 g/mol. The maximum absolute atomic E-state index is 13.9. The van der Waals surface area contributed by atoms with Crippen molar-refractivity contribution in [2.24, 2.45) is 11.8 Å². The minimum absolute atomic E-state index is 0.0940. The molecule has 2 fully saturated rings. The van der Waals surface area contributed by atoms with Gasteiger partial charge in [0.1, 0.15) is 0 Å². The molecule has 238 valence electrons. The summed E-state index contributed by atoms with van der Waals surface area (Å²) in [4.78, 5) is 39.2. The fraction of sp³-hybridized carbons (Fsp3) is 0.432. The van der Waals surface area contributed by atoms with E-state index in [-0.39, 0.29) is 18.6 Å². The van der Waals surface area contributed by atoms with Crippen LogP contribution >= 0.6 is 0 Å². The first-order valence-electron chi connectivity index (χ1n) is 16.3. The highest BCUT2D eigenvalue weighted by Gasteiger charge is 2.33. The Balaban J connectivity index is 1.27. The second kappa shape index (κ2) is 15.7. The summed E-state index contributed by atoms with van der Waals surface area (Å²) < 4.78 is 0. The number of aliphatic hydroxyl groups is 1. The summed E-state index contributed by atoms with van der Waals surface area (Å²) >= 11 is 0. The Bertz CT molecular complexity index is 1410. The van der Waals surface area contributed by atoms with E-state index in [0.717, 1.165) is 59.8 Å². The number of nitrogens with one attached hydrogen (secondary N) is 2. The van der Waals surface area contributed by atoms with E-state index in [4.69, 9.17) is 5.11 Å². The number of nitrogens with zero attached hydrogens (tertiary/aromatic N) is 1. The third-order valence-electron chi connectivity index (χ3n) is 9.60. The molecule has 3 aromatic carbocycles. The zero-order valence-corrected chi connectivity index (χ0v) is 25.9. The molecule has 0 spiro atoms. The highest BCUT2D eigenvalue weighted by molar-refractivity contribution is 5.94. The molecule has 0 heterocycles. The number of aliphatic carboxylic acids is 1. The summed E-state index contributed by atoms with van der Waals surface area (Å²) in [5.74, 6) is -0.275. The Morgan fingerprint density at radius 1 is 0.756 bits per heavy atom. The number of urea groups is 1. The number of benzene rings is 3. The summed E-state index contributed by atoms with van der Waals surface area (Å²) in [7, 11) is 0. The number of carbonyl (C=O) groups excluding carboxylic acids is 2. The van der Waals surface area contributed by atoms with Crippen molar-refractivity contribution in [2.45, 2.75) is 83.0 Å². The van der Waals surface area contributed by atoms with Crippen molar-refractivity contribution in [1.82, 2.24) is 15.5 Å².